The van der Waals surface area contributed by atoms with Crippen molar-refractivity contribution in [2.45, 2.75) is 92.4 Å². The van der Waals surface area contributed by atoms with Crippen LogP contribution in [0.4, 0.5) is 0 Å². The molecule has 3 aliphatic rings. The van der Waals surface area contributed by atoms with E-state index in [0.29, 0.717) is 0 Å². The summed E-state index contributed by atoms with van der Waals surface area (Å²) in [5, 5.41) is 134. The molecular formula is C35H41O23+. The number of esters is 1. The average Bonchev–Trinajstić information content (AvgIpc) is 3.17. The van der Waals surface area contributed by atoms with E-state index in [9.17, 15) is 70.9 Å². The largest absolute Gasteiger partial charge is 0.507 e. The number of phenols is 3. The molecule has 6 rings (SSSR count). The first-order valence-electron chi connectivity index (χ1n) is 17.5. The lowest BCUT2D eigenvalue weighted by molar-refractivity contribution is -0.344. The summed E-state index contributed by atoms with van der Waals surface area (Å²) < 4.78 is 45.3. The normalized spacial score (nSPS) is 34.0. The summed E-state index contributed by atoms with van der Waals surface area (Å²) in [6, 6.07) is 6.72. The molecule has 5 unspecified atom stereocenters. The number of fused-ring (bicyclic) bond motifs is 1. The molecule has 0 amide bonds. The van der Waals surface area contributed by atoms with Crippen LogP contribution in [0.25, 0.3) is 22.3 Å². The molecule has 23 nitrogen and oxygen atoms in total. The molecule has 3 fully saturated rings. The molecule has 4 heterocycles. The smallest absolute Gasteiger partial charge is 0.402 e. The monoisotopic (exact) mass is 829 g/mol. The molecular weight excluding hydrogens is 788 g/mol. The number of aliphatic hydroxyl groups excluding tert-OH is 9. The summed E-state index contributed by atoms with van der Waals surface area (Å²) in [5.74, 6) is -5.35. The molecule has 0 saturated carbocycles. The van der Waals surface area contributed by atoms with Gasteiger partial charge in [0.2, 0.25) is 18.3 Å². The molecule has 23 heteroatoms. The number of phenolic OH excluding ortho intramolecular Hbond substituents is 3. The molecule has 0 bridgehead atoms. The van der Waals surface area contributed by atoms with Gasteiger partial charge in [-0.3, -0.25) is 9.59 Å². The van der Waals surface area contributed by atoms with E-state index in [4.69, 9.17) is 42.7 Å². The van der Waals surface area contributed by atoms with Crippen LogP contribution in [0, 0.1) is 0 Å². The second-order valence-electron chi connectivity index (χ2n) is 13.6. The summed E-state index contributed by atoms with van der Waals surface area (Å²) in [6.45, 7) is -2.16. The highest BCUT2D eigenvalue weighted by atomic mass is 16.8. The van der Waals surface area contributed by atoms with Crippen LogP contribution in [-0.2, 0) is 33.3 Å². The van der Waals surface area contributed by atoms with Gasteiger partial charge in [-0.25, -0.2) is 4.42 Å². The van der Waals surface area contributed by atoms with Crippen LogP contribution in [0.1, 0.15) is 6.42 Å². The maximum atomic E-state index is 11.8. The number of carbonyl (C=O) groups is 2. The van der Waals surface area contributed by atoms with Crippen LogP contribution >= 0.6 is 0 Å². The third kappa shape index (κ3) is 8.96. The van der Waals surface area contributed by atoms with E-state index in [1.165, 1.54) is 12.1 Å². The standard InChI is InChI=1S/C35H40O23/c36-8-20-25(45)28(48)32(58-33-29(49)24(44)16(40)9-52-33)35(56-20)55-19-6-13-17(53-31(19)11-1-2-14(38)15(39)3-11)4-12(37)5-18(13)54-34-30(50)27(47)26(46)21(57-34)10-51-23(43)7-22(41)42/h1-6,16,20-21,24-30,32-36,40,44-50H,7-10H2,(H3-,37,38,39,41,42)/p+1/t16-,20?,21?,24-,25-,26-,27?,28?,29?,30+,32+,33+,34-,35-/m1/s1. The fraction of sp³-hybridized carbons (Fsp3) is 0.514. The van der Waals surface area contributed by atoms with Gasteiger partial charge in [0.1, 0.15) is 91.0 Å². The average molecular weight is 830 g/mol. The van der Waals surface area contributed by atoms with Crippen molar-refractivity contribution in [3.8, 4) is 40.1 Å². The molecule has 0 aliphatic carbocycles. The molecule has 0 spiro atoms. The molecule has 318 valence electrons. The molecule has 13 N–H and O–H groups in total. The maximum absolute atomic E-state index is 11.8. The number of aliphatic carboxylic acids is 1. The van der Waals surface area contributed by atoms with Crippen molar-refractivity contribution in [3.63, 3.8) is 0 Å². The van der Waals surface area contributed by atoms with E-state index in [2.05, 4.69) is 0 Å². The van der Waals surface area contributed by atoms with E-state index in [1.807, 2.05) is 0 Å². The van der Waals surface area contributed by atoms with Crippen LogP contribution in [0.2, 0.25) is 0 Å². The zero-order chi connectivity index (χ0) is 42.2. The topological polar surface area (TPSA) is 373 Å². The number of hydrogen-bond acceptors (Lipinski definition) is 21. The Labute approximate surface area is 325 Å². The van der Waals surface area contributed by atoms with Crippen molar-refractivity contribution in [1.29, 1.82) is 0 Å². The molecule has 1 aromatic heterocycles. The summed E-state index contributed by atoms with van der Waals surface area (Å²) >= 11 is 0. The maximum Gasteiger partial charge on any atom is 0.402 e. The van der Waals surface area contributed by atoms with Crippen molar-refractivity contribution < 1.29 is 114 Å². The Kier molecular flexibility index (Phi) is 13.0. The van der Waals surface area contributed by atoms with Crippen molar-refractivity contribution in [2.24, 2.45) is 0 Å². The Balaban J connectivity index is 1.39. The van der Waals surface area contributed by atoms with Crippen LogP contribution in [0.5, 0.6) is 28.7 Å². The quantitative estimate of drug-likeness (QED) is 0.0362. The van der Waals surface area contributed by atoms with Gasteiger partial charge in [-0.2, -0.15) is 0 Å². The van der Waals surface area contributed by atoms with E-state index in [-0.39, 0.29) is 33.8 Å². The SMILES string of the molecule is O=C(O)CC(=O)OCC1O[C@@H](Oc2cc(O)cc3[o+]c(-c4ccc(O)c(O)c4)c(O[C@@H]4OC(CO)[C@@H](O)C(O)[C@@H]4O[C@@H]4OC[C@@H](O)[C@@H](O)C4O)cc23)[C@@H](O)C(O)[C@@H]1O. The number of carbonyl (C=O) groups excluding carboxylic acids is 1. The lowest BCUT2D eigenvalue weighted by atomic mass is 9.98. The highest BCUT2D eigenvalue weighted by Crippen LogP contribution is 2.43. The van der Waals surface area contributed by atoms with Gasteiger partial charge in [-0.05, 0) is 12.1 Å². The van der Waals surface area contributed by atoms with E-state index in [0.717, 1.165) is 24.3 Å². The Hall–Kier alpha value is -4.73. The van der Waals surface area contributed by atoms with Gasteiger partial charge in [0.05, 0.1) is 24.8 Å². The van der Waals surface area contributed by atoms with Gasteiger partial charge in [0.25, 0.3) is 0 Å². The zero-order valence-electron chi connectivity index (χ0n) is 29.8. The van der Waals surface area contributed by atoms with Crippen molar-refractivity contribution in [1.82, 2.24) is 0 Å². The first kappa shape index (κ1) is 42.9. The Morgan fingerprint density at radius 1 is 0.724 bits per heavy atom. The zero-order valence-corrected chi connectivity index (χ0v) is 29.8. The highest BCUT2D eigenvalue weighted by molar-refractivity contribution is 5.90. The van der Waals surface area contributed by atoms with Crippen molar-refractivity contribution >= 4 is 22.9 Å². The minimum atomic E-state index is -1.99. The minimum Gasteiger partial charge on any atom is -0.507 e. The summed E-state index contributed by atoms with van der Waals surface area (Å²) in [6.07, 6.45) is -26.1. The molecule has 3 saturated heterocycles. The molecule has 14 atom stereocenters. The summed E-state index contributed by atoms with van der Waals surface area (Å²) in [5.41, 5.74) is -0.181. The number of aromatic hydroxyl groups is 3. The Morgan fingerprint density at radius 2 is 1.40 bits per heavy atom. The number of rotatable bonds is 12. The number of aliphatic hydroxyl groups is 9. The van der Waals surface area contributed by atoms with Gasteiger partial charge in [-0.1, -0.05) is 0 Å². The summed E-state index contributed by atoms with van der Waals surface area (Å²) in [7, 11) is 0. The minimum absolute atomic E-state index is 0.0113. The van der Waals surface area contributed by atoms with Gasteiger partial charge >= 0.3 is 23.3 Å². The Bertz CT molecular complexity index is 1940. The predicted molar refractivity (Wildman–Crippen MR) is 183 cm³/mol. The number of carboxylic acid groups (broad SMARTS) is 1. The predicted octanol–water partition coefficient (Wildman–Crippen LogP) is -3.66. The van der Waals surface area contributed by atoms with Crippen LogP contribution in [0.3, 0.4) is 0 Å². The lowest BCUT2D eigenvalue weighted by Gasteiger charge is -2.44. The Morgan fingerprint density at radius 3 is 2.09 bits per heavy atom. The van der Waals surface area contributed by atoms with Gasteiger partial charge in [0.15, 0.2) is 23.9 Å². The lowest BCUT2D eigenvalue weighted by Crippen LogP contribution is -2.63. The third-order valence-electron chi connectivity index (χ3n) is 9.47. The first-order valence-corrected chi connectivity index (χ1v) is 17.5. The second kappa shape index (κ2) is 17.6. The molecule has 0 radical (unpaired) electrons. The number of carboxylic acids is 1. The third-order valence-corrected chi connectivity index (χ3v) is 9.47. The molecule has 3 aliphatic heterocycles. The summed E-state index contributed by atoms with van der Waals surface area (Å²) in [4.78, 5) is 22.7. The fourth-order valence-corrected chi connectivity index (χ4v) is 6.32. The van der Waals surface area contributed by atoms with Crippen LogP contribution in [-0.4, -0.2) is 184 Å². The van der Waals surface area contributed by atoms with Crippen LogP contribution in [0.15, 0.2) is 40.8 Å². The van der Waals surface area contributed by atoms with E-state index in [1.54, 1.807) is 0 Å². The molecule has 58 heavy (non-hydrogen) atoms. The molecule has 3 aromatic rings. The molecule has 2 aromatic carbocycles. The number of hydrogen-bond donors (Lipinski definition) is 13. The highest BCUT2D eigenvalue weighted by Gasteiger charge is 2.51. The van der Waals surface area contributed by atoms with Gasteiger partial charge in [-0.15, -0.1) is 0 Å². The number of ether oxygens (including phenoxy) is 7. The second-order valence-corrected chi connectivity index (χ2v) is 13.6. The van der Waals surface area contributed by atoms with Crippen molar-refractivity contribution in [3.05, 3.63) is 36.4 Å². The van der Waals surface area contributed by atoms with Gasteiger partial charge in [0, 0.05) is 18.2 Å². The fourth-order valence-electron chi connectivity index (χ4n) is 6.32. The van der Waals surface area contributed by atoms with Gasteiger partial charge < -0.3 is 99.5 Å². The van der Waals surface area contributed by atoms with Crippen molar-refractivity contribution in [2.75, 3.05) is 19.8 Å². The van der Waals surface area contributed by atoms with Crippen LogP contribution < -0.4 is 9.47 Å². The van der Waals surface area contributed by atoms with E-state index < -0.39 is 141 Å². The number of benzene rings is 2. The first-order chi connectivity index (χ1) is 27.5. The van der Waals surface area contributed by atoms with E-state index >= 15 is 0 Å².